The van der Waals surface area contributed by atoms with Crippen molar-refractivity contribution in [2.75, 3.05) is 16.8 Å². The van der Waals surface area contributed by atoms with Crippen molar-refractivity contribution < 1.29 is 19.1 Å². The first-order valence-corrected chi connectivity index (χ1v) is 14.0. The summed E-state index contributed by atoms with van der Waals surface area (Å²) < 4.78 is 11.6. The van der Waals surface area contributed by atoms with Gasteiger partial charge in [0.15, 0.2) is 0 Å². The number of amides is 2. The van der Waals surface area contributed by atoms with Crippen molar-refractivity contribution in [3.05, 3.63) is 89.5 Å². The van der Waals surface area contributed by atoms with Crippen molar-refractivity contribution in [3.8, 4) is 5.75 Å². The third-order valence-corrected chi connectivity index (χ3v) is 7.77. The van der Waals surface area contributed by atoms with Gasteiger partial charge in [-0.15, -0.1) is 0 Å². The third-order valence-electron chi connectivity index (χ3n) is 7.77. The zero-order chi connectivity index (χ0) is 28.7. The molecule has 0 bridgehead atoms. The first kappa shape index (κ1) is 27.7. The van der Waals surface area contributed by atoms with Crippen molar-refractivity contribution in [1.82, 2.24) is 4.90 Å². The van der Waals surface area contributed by atoms with Crippen molar-refractivity contribution in [2.45, 2.75) is 77.6 Å². The number of carbonyl (C=O) groups is 2. The SMILES string of the molecule is CC(C)c1ccc(NC(=O)Oc2ccc3c(c2)C2(C)CCN(Cc4ccccc4)C2N3C(=O)OC(C)(C)C)cc1. The second-order valence-corrected chi connectivity index (χ2v) is 12.3. The van der Waals surface area contributed by atoms with Gasteiger partial charge in [-0.05, 0) is 80.1 Å². The Bertz CT molecular complexity index is 1380. The Labute approximate surface area is 237 Å². The number of hydrogen-bond donors (Lipinski definition) is 1. The molecule has 5 rings (SSSR count). The quantitative estimate of drug-likeness (QED) is 0.359. The van der Waals surface area contributed by atoms with E-state index in [-0.39, 0.29) is 17.7 Å². The van der Waals surface area contributed by atoms with Crippen LogP contribution in [0.4, 0.5) is 21.0 Å². The van der Waals surface area contributed by atoms with E-state index >= 15 is 0 Å². The highest BCUT2D eigenvalue weighted by molar-refractivity contribution is 5.93. The number of carbonyl (C=O) groups excluding carboxylic acids is 2. The monoisotopic (exact) mass is 541 g/mol. The first-order valence-electron chi connectivity index (χ1n) is 14.0. The molecule has 0 radical (unpaired) electrons. The fraction of sp³-hybridized carbons (Fsp3) is 0.394. The Hall–Kier alpha value is -3.84. The van der Waals surface area contributed by atoms with Crippen LogP contribution in [0.1, 0.15) is 70.6 Å². The molecule has 0 spiro atoms. The molecule has 0 saturated carbocycles. The molecule has 7 heteroatoms. The first-order chi connectivity index (χ1) is 18.9. The fourth-order valence-corrected chi connectivity index (χ4v) is 5.82. The second kappa shape index (κ2) is 10.6. The summed E-state index contributed by atoms with van der Waals surface area (Å²) in [6.45, 7) is 13.6. The van der Waals surface area contributed by atoms with Gasteiger partial charge in [0.05, 0.1) is 5.69 Å². The lowest BCUT2D eigenvalue weighted by Gasteiger charge is -2.36. The van der Waals surface area contributed by atoms with Gasteiger partial charge < -0.3 is 9.47 Å². The molecule has 1 fully saturated rings. The molecule has 2 atom stereocenters. The van der Waals surface area contributed by atoms with Gasteiger partial charge >= 0.3 is 12.2 Å². The van der Waals surface area contributed by atoms with Crippen LogP contribution in [0.2, 0.25) is 0 Å². The maximum atomic E-state index is 13.6. The Morgan fingerprint density at radius 2 is 1.73 bits per heavy atom. The normalized spacial score (nSPS) is 20.3. The van der Waals surface area contributed by atoms with Gasteiger partial charge in [0.25, 0.3) is 0 Å². The van der Waals surface area contributed by atoms with Crippen LogP contribution in [0.5, 0.6) is 5.75 Å². The number of ether oxygens (including phenoxy) is 2. The molecular weight excluding hydrogens is 502 g/mol. The number of fused-ring (bicyclic) bond motifs is 3. The van der Waals surface area contributed by atoms with Crippen LogP contribution in [0, 0.1) is 0 Å². The summed E-state index contributed by atoms with van der Waals surface area (Å²) in [6.07, 6.45) is -0.299. The molecule has 2 heterocycles. The highest BCUT2D eigenvalue weighted by Gasteiger charge is 2.57. The number of nitrogens with zero attached hydrogens (tertiary/aromatic N) is 2. The molecule has 7 nitrogen and oxygen atoms in total. The van der Waals surface area contributed by atoms with Crippen LogP contribution >= 0.6 is 0 Å². The number of likely N-dealkylation sites (tertiary alicyclic amines) is 1. The molecule has 3 aromatic carbocycles. The van der Waals surface area contributed by atoms with Crippen molar-refractivity contribution in [2.24, 2.45) is 0 Å². The molecule has 0 aliphatic carbocycles. The van der Waals surface area contributed by atoms with Gasteiger partial charge in [-0.25, -0.2) is 9.59 Å². The van der Waals surface area contributed by atoms with Crippen molar-refractivity contribution in [3.63, 3.8) is 0 Å². The molecule has 1 saturated heterocycles. The molecule has 3 aromatic rings. The van der Waals surface area contributed by atoms with E-state index in [1.54, 1.807) is 11.0 Å². The lowest BCUT2D eigenvalue weighted by Crippen LogP contribution is -2.52. The molecule has 2 unspecified atom stereocenters. The van der Waals surface area contributed by atoms with Crippen LogP contribution in [-0.2, 0) is 16.7 Å². The van der Waals surface area contributed by atoms with Gasteiger partial charge in [-0.3, -0.25) is 15.1 Å². The highest BCUT2D eigenvalue weighted by atomic mass is 16.6. The minimum Gasteiger partial charge on any atom is -0.443 e. The van der Waals surface area contributed by atoms with Gasteiger partial charge in [0.1, 0.15) is 17.5 Å². The number of benzene rings is 3. The van der Waals surface area contributed by atoms with E-state index in [1.165, 1.54) is 11.1 Å². The summed E-state index contributed by atoms with van der Waals surface area (Å²) in [5.41, 5.74) is 3.84. The Morgan fingerprint density at radius 3 is 2.38 bits per heavy atom. The summed E-state index contributed by atoms with van der Waals surface area (Å²) >= 11 is 0. The topological polar surface area (TPSA) is 71.1 Å². The lowest BCUT2D eigenvalue weighted by molar-refractivity contribution is 0.0515. The van der Waals surface area contributed by atoms with Gasteiger partial charge in [0, 0.05) is 24.2 Å². The minimum atomic E-state index is -0.631. The zero-order valence-corrected chi connectivity index (χ0v) is 24.2. The number of anilines is 2. The van der Waals surface area contributed by atoms with Crippen LogP contribution in [-0.4, -0.2) is 35.4 Å². The molecule has 210 valence electrons. The van der Waals surface area contributed by atoms with Crippen molar-refractivity contribution in [1.29, 1.82) is 0 Å². The maximum absolute atomic E-state index is 13.6. The average Bonchev–Trinajstić information content (AvgIpc) is 3.34. The summed E-state index contributed by atoms with van der Waals surface area (Å²) in [5, 5.41) is 2.81. The summed E-state index contributed by atoms with van der Waals surface area (Å²) in [5.74, 6) is 0.847. The molecular formula is C33H39N3O4. The maximum Gasteiger partial charge on any atom is 0.417 e. The third kappa shape index (κ3) is 5.56. The smallest absolute Gasteiger partial charge is 0.417 e. The van der Waals surface area contributed by atoms with E-state index < -0.39 is 11.7 Å². The Morgan fingerprint density at radius 1 is 1.02 bits per heavy atom. The number of hydrogen-bond acceptors (Lipinski definition) is 5. The van der Waals surface area contributed by atoms with E-state index in [9.17, 15) is 9.59 Å². The van der Waals surface area contributed by atoms with Gasteiger partial charge in [-0.1, -0.05) is 63.2 Å². The van der Waals surface area contributed by atoms with Crippen LogP contribution in [0.15, 0.2) is 72.8 Å². The van der Waals surface area contributed by atoms with Crippen LogP contribution in [0.3, 0.4) is 0 Å². The summed E-state index contributed by atoms with van der Waals surface area (Å²) in [7, 11) is 0. The molecule has 2 aliphatic rings. The van der Waals surface area contributed by atoms with E-state index in [0.717, 1.165) is 30.8 Å². The molecule has 40 heavy (non-hydrogen) atoms. The highest BCUT2D eigenvalue weighted by Crippen LogP contribution is 2.53. The molecule has 2 aliphatic heterocycles. The minimum absolute atomic E-state index is 0.221. The van der Waals surface area contributed by atoms with E-state index in [4.69, 9.17) is 9.47 Å². The lowest BCUT2D eigenvalue weighted by atomic mass is 9.81. The number of nitrogens with one attached hydrogen (secondary N) is 1. The predicted octanol–water partition coefficient (Wildman–Crippen LogP) is 7.67. The van der Waals surface area contributed by atoms with E-state index in [1.807, 2.05) is 75.4 Å². The van der Waals surface area contributed by atoms with Crippen molar-refractivity contribution >= 4 is 23.6 Å². The van der Waals surface area contributed by atoms with Crippen LogP contribution in [0.25, 0.3) is 0 Å². The zero-order valence-electron chi connectivity index (χ0n) is 24.2. The van der Waals surface area contributed by atoms with Crippen LogP contribution < -0.4 is 15.0 Å². The number of rotatable bonds is 5. The molecule has 2 amide bonds. The van der Waals surface area contributed by atoms with E-state index in [2.05, 4.69) is 43.1 Å². The average molecular weight is 542 g/mol. The summed E-state index contributed by atoms with van der Waals surface area (Å²) in [4.78, 5) is 30.5. The molecule has 1 N–H and O–H groups in total. The van der Waals surface area contributed by atoms with E-state index in [0.29, 0.717) is 17.4 Å². The largest absolute Gasteiger partial charge is 0.443 e. The summed E-state index contributed by atoms with van der Waals surface area (Å²) in [6, 6.07) is 23.6. The van der Waals surface area contributed by atoms with Gasteiger partial charge in [-0.2, -0.15) is 0 Å². The Balaban J connectivity index is 1.41. The predicted molar refractivity (Wildman–Crippen MR) is 158 cm³/mol. The molecule has 0 aromatic heterocycles. The second-order valence-electron chi connectivity index (χ2n) is 12.3. The van der Waals surface area contributed by atoms with Gasteiger partial charge in [0.2, 0.25) is 0 Å². The Kier molecular flexibility index (Phi) is 7.36. The standard InChI is InChI=1S/C33H39N3O4/c1-22(2)24-12-14-25(15-13-24)34-30(37)39-26-16-17-28-27(20-26)33(6)18-19-35(21-23-10-8-7-9-11-23)29(33)36(28)31(38)40-32(3,4)5/h7-17,20,22,29H,18-19,21H2,1-6H3,(H,34,37). The fourth-order valence-electron chi connectivity index (χ4n) is 5.82.